The summed E-state index contributed by atoms with van der Waals surface area (Å²) in [6.07, 6.45) is 1.71. The zero-order valence-electron chi connectivity index (χ0n) is 13.7. The summed E-state index contributed by atoms with van der Waals surface area (Å²) in [6.45, 7) is 4.50. The molecule has 0 aromatic heterocycles. The van der Waals surface area contributed by atoms with Gasteiger partial charge in [0.05, 0.1) is 20.3 Å². The van der Waals surface area contributed by atoms with Gasteiger partial charge >= 0.3 is 0 Å². The highest BCUT2D eigenvalue weighted by atomic mass is 35.5. The van der Waals surface area contributed by atoms with Gasteiger partial charge in [-0.05, 0) is 36.5 Å². The second-order valence-electron chi connectivity index (χ2n) is 5.35. The lowest BCUT2D eigenvalue weighted by molar-refractivity contribution is -0.123. The van der Waals surface area contributed by atoms with E-state index in [0.717, 1.165) is 29.9 Å². The molecule has 1 rings (SSSR count). The summed E-state index contributed by atoms with van der Waals surface area (Å²) >= 11 is 0. The van der Waals surface area contributed by atoms with Gasteiger partial charge in [-0.1, -0.05) is 19.9 Å². The minimum atomic E-state index is -0.439. The van der Waals surface area contributed by atoms with Crippen LogP contribution in [0.2, 0.25) is 0 Å². The molecule has 0 heterocycles. The van der Waals surface area contributed by atoms with E-state index in [9.17, 15) is 4.79 Å². The lowest BCUT2D eigenvalue weighted by Crippen LogP contribution is -2.44. The Morgan fingerprint density at radius 1 is 1.23 bits per heavy atom. The summed E-state index contributed by atoms with van der Waals surface area (Å²) in [5.41, 5.74) is 6.93. The standard InChI is InChI=1S/C16H26N2O3.ClH/c1-11(2)15(17)16(19)18-9-5-6-12-7-8-13(20-3)14(10-12)21-4;/h7-8,10-11,15H,5-6,9,17H2,1-4H3,(H,18,19);1H/t15-;/m0./s1. The first-order chi connectivity index (χ1) is 9.99. The van der Waals surface area contributed by atoms with Crippen LogP contribution in [-0.2, 0) is 11.2 Å². The number of rotatable bonds is 8. The minimum absolute atomic E-state index is 0. The molecule has 0 unspecified atom stereocenters. The van der Waals surface area contributed by atoms with Crippen molar-refractivity contribution in [2.75, 3.05) is 20.8 Å². The van der Waals surface area contributed by atoms with Crippen molar-refractivity contribution in [3.63, 3.8) is 0 Å². The SMILES string of the molecule is COc1ccc(CCCNC(=O)[C@@H](N)C(C)C)cc1OC.Cl. The van der Waals surface area contributed by atoms with E-state index in [1.807, 2.05) is 32.0 Å². The molecule has 1 amide bonds. The van der Waals surface area contributed by atoms with Crippen LogP contribution in [0.1, 0.15) is 25.8 Å². The monoisotopic (exact) mass is 330 g/mol. The Kier molecular flexibility index (Phi) is 9.61. The van der Waals surface area contributed by atoms with Gasteiger partial charge in [0.25, 0.3) is 0 Å². The summed E-state index contributed by atoms with van der Waals surface area (Å²) in [7, 11) is 3.24. The van der Waals surface area contributed by atoms with Gasteiger partial charge in [0.1, 0.15) is 0 Å². The number of hydrogen-bond donors (Lipinski definition) is 2. The number of nitrogens with two attached hydrogens (primary N) is 1. The molecule has 5 nitrogen and oxygen atoms in total. The van der Waals surface area contributed by atoms with E-state index in [-0.39, 0.29) is 24.2 Å². The van der Waals surface area contributed by atoms with Crippen LogP contribution >= 0.6 is 12.4 Å². The number of hydrogen-bond acceptors (Lipinski definition) is 4. The molecule has 0 spiro atoms. The van der Waals surface area contributed by atoms with Crippen molar-refractivity contribution in [2.45, 2.75) is 32.7 Å². The third-order valence-corrected chi connectivity index (χ3v) is 3.41. The van der Waals surface area contributed by atoms with Gasteiger partial charge in [-0.25, -0.2) is 0 Å². The predicted molar refractivity (Wildman–Crippen MR) is 90.9 cm³/mol. The van der Waals surface area contributed by atoms with Crippen molar-refractivity contribution in [2.24, 2.45) is 11.7 Å². The molecule has 0 aliphatic carbocycles. The summed E-state index contributed by atoms with van der Waals surface area (Å²) in [5, 5.41) is 2.87. The van der Waals surface area contributed by atoms with Gasteiger partial charge < -0.3 is 20.5 Å². The molecule has 0 bridgehead atoms. The molecule has 126 valence electrons. The molecular formula is C16H27ClN2O3. The Hall–Kier alpha value is -1.46. The molecule has 0 fully saturated rings. The van der Waals surface area contributed by atoms with Crippen LogP contribution in [0.25, 0.3) is 0 Å². The molecule has 1 aromatic rings. The Labute approximate surface area is 139 Å². The molecule has 6 heteroatoms. The summed E-state index contributed by atoms with van der Waals surface area (Å²) in [4.78, 5) is 11.7. The average Bonchev–Trinajstić information content (AvgIpc) is 2.49. The van der Waals surface area contributed by atoms with Crippen LogP contribution in [-0.4, -0.2) is 32.7 Å². The Morgan fingerprint density at radius 3 is 2.41 bits per heavy atom. The zero-order chi connectivity index (χ0) is 15.8. The molecule has 0 saturated carbocycles. The first kappa shape index (κ1) is 20.5. The fourth-order valence-corrected chi connectivity index (χ4v) is 1.96. The predicted octanol–water partition coefficient (Wildman–Crippen LogP) is 2.16. The van der Waals surface area contributed by atoms with Crippen LogP contribution < -0.4 is 20.5 Å². The number of halogens is 1. The van der Waals surface area contributed by atoms with Gasteiger partial charge in [-0.2, -0.15) is 0 Å². The molecular weight excluding hydrogens is 304 g/mol. The fourth-order valence-electron chi connectivity index (χ4n) is 1.96. The number of aryl methyl sites for hydroxylation is 1. The van der Waals surface area contributed by atoms with Crippen molar-refractivity contribution < 1.29 is 14.3 Å². The minimum Gasteiger partial charge on any atom is -0.493 e. The van der Waals surface area contributed by atoms with Gasteiger partial charge in [-0.15, -0.1) is 12.4 Å². The van der Waals surface area contributed by atoms with Gasteiger partial charge in [-0.3, -0.25) is 4.79 Å². The topological polar surface area (TPSA) is 73.6 Å². The van der Waals surface area contributed by atoms with Crippen LogP contribution in [0.4, 0.5) is 0 Å². The number of benzene rings is 1. The van der Waals surface area contributed by atoms with E-state index >= 15 is 0 Å². The van der Waals surface area contributed by atoms with Crippen molar-refractivity contribution in [3.8, 4) is 11.5 Å². The third kappa shape index (κ3) is 6.12. The quantitative estimate of drug-likeness (QED) is 0.716. The molecule has 0 aliphatic heterocycles. The number of carbonyl (C=O) groups is 1. The number of nitrogens with one attached hydrogen (secondary N) is 1. The first-order valence-corrected chi connectivity index (χ1v) is 7.23. The van der Waals surface area contributed by atoms with Crippen LogP contribution in [0.15, 0.2) is 18.2 Å². The van der Waals surface area contributed by atoms with Crippen molar-refractivity contribution in [1.29, 1.82) is 0 Å². The van der Waals surface area contributed by atoms with Gasteiger partial charge in [0.2, 0.25) is 5.91 Å². The lowest BCUT2D eigenvalue weighted by atomic mass is 10.0. The van der Waals surface area contributed by atoms with Crippen LogP contribution in [0.3, 0.4) is 0 Å². The first-order valence-electron chi connectivity index (χ1n) is 7.23. The van der Waals surface area contributed by atoms with E-state index in [2.05, 4.69) is 5.32 Å². The smallest absolute Gasteiger partial charge is 0.237 e. The number of methoxy groups -OCH3 is 2. The van der Waals surface area contributed by atoms with Gasteiger partial charge in [0, 0.05) is 6.54 Å². The molecule has 1 aromatic carbocycles. The maximum Gasteiger partial charge on any atom is 0.237 e. The molecule has 0 saturated heterocycles. The van der Waals surface area contributed by atoms with Gasteiger partial charge in [0.15, 0.2) is 11.5 Å². The maximum absolute atomic E-state index is 11.7. The van der Waals surface area contributed by atoms with Crippen LogP contribution in [0, 0.1) is 5.92 Å². The Bertz CT molecular complexity index is 467. The third-order valence-electron chi connectivity index (χ3n) is 3.41. The van der Waals surface area contributed by atoms with Crippen molar-refractivity contribution >= 4 is 18.3 Å². The molecule has 0 aliphatic rings. The average molecular weight is 331 g/mol. The van der Waals surface area contributed by atoms with Crippen molar-refractivity contribution in [1.82, 2.24) is 5.32 Å². The number of carbonyl (C=O) groups excluding carboxylic acids is 1. The van der Waals surface area contributed by atoms with E-state index in [0.29, 0.717) is 6.54 Å². The summed E-state index contributed by atoms with van der Waals surface area (Å²) in [5.74, 6) is 1.51. The maximum atomic E-state index is 11.7. The molecule has 3 N–H and O–H groups in total. The number of amides is 1. The van der Waals surface area contributed by atoms with Crippen molar-refractivity contribution in [3.05, 3.63) is 23.8 Å². The van der Waals surface area contributed by atoms with E-state index < -0.39 is 6.04 Å². The summed E-state index contributed by atoms with van der Waals surface area (Å²) < 4.78 is 10.5. The highest BCUT2D eigenvalue weighted by molar-refractivity contribution is 5.85. The van der Waals surface area contributed by atoms with Crippen LogP contribution in [0.5, 0.6) is 11.5 Å². The fraction of sp³-hybridized carbons (Fsp3) is 0.562. The molecule has 1 atom stereocenters. The molecule has 0 radical (unpaired) electrons. The van der Waals surface area contributed by atoms with E-state index in [1.165, 1.54) is 0 Å². The normalized spacial score (nSPS) is 11.5. The second-order valence-corrected chi connectivity index (χ2v) is 5.35. The molecule has 22 heavy (non-hydrogen) atoms. The Morgan fingerprint density at radius 2 is 1.86 bits per heavy atom. The highest BCUT2D eigenvalue weighted by Gasteiger charge is 2.16. The Balaban J connectivity index is 0.00000441. The zero-order valence-corrected chi connectivity index (χ0v) is 14.5. The number of ether oxygens (including phenoxy) is 2. The van der Waals surface area contributed by atoms with E-state index in [1.54, 1.807) is 14.2 Å². The largest absolute Gasteiger partial charge is 0.493 e. The van der Waals surface area contributed by atoms with E-state index in [4.69, 9.17) is 15.2 Å². The summed E-state index contributed by atoms with van der Waals surface area (Å²) in [6, 6.07) is 5.41. The second kappa shape index (κ2) is 10.3. The highest BCUT2D eigenvalue weighted by Crippen LogP contribution is 2.27. The lowest BCUT2D eigenvalue weighted by Gasteiger charge is -2.15.